The van der Waals surface area contributed by atoms with Gasteiger partial charge in [0, 0.05) is 42.2 Å². The van der Waals surface area contributed by atoms with Gasteiger partial charge in [0.05, 0.1) is 10.5 Å². The zero-order chi connectivity index (χ0) is 20.8. The van der Waals surface area contributed by atoms with Crippen molar-refractivity contribution in [2.24, 2.45) is 5.92 Å². The third kappa shape index (κ3) is 3.12. The maximum Gasteiger partial charge on any atom is 0.272 e. The second-order valence-electron chi connectivity index (χ2n) is 8.43. The molecule has 2 aliphatic rings. The van der Waals surface area contributed by atoms with Crippen LogP contribution in [-0.2, 0) is 0 Å². The number of pyridine rings is 2. The molecule has 5 nitrogen and oxygen atoms in total. The molecule has 0 N–H and O–H groups in total. The zero-order valence-corrected chi connectivity index (χ0v) is 17.7. The molecule has 1 amide bonds. The van der Waals surface area contributed by atoms with E-state index in [1.165, 1.54) is 0 Å². The summed E-state index contributed by atoms with van der Waals surface area (Å²) in [7, 11) is 0. The molecule has 4 heterocycles. The maximum absolute atomic E-state index is 13.4. The fraction of sp³-hybridized carbons (Fsp3) is 0.375. The summed E-state index contributed by atoms with van der Waals surface area (Å²) in [6, 6.07) is 15.0. The minimum absolute atomic E-state index is 0.0616. The van der Waals surface area contributed by atoms with Gasteiger partial charge in [0.15, 0.2) is 0 Å². The van der Waals surface area contributed by atoms with Gasteiger partial charge in [-0.05, 0) is 37.0 Å². The first-order chi connectivity index (χ1) is 14.6. The van der Waals surface area contributed by atoms with Crippen LogP contribution in [-0.4, -0.2) is 33.4 Å². The summed E-state index contributed by atoms with van der Waals surface area (Å²) in [5, 5.41) is 1.47. The van der Waals surface area contributed by atoms with E-state index in [1.807, 2.05) is 39.8 Å². The van der Waals surface area contributed by atoms with Gasteiger partial charge < -0.3 is 9.47 Å². The number of hydrogen-bond acceptors (Lipinski definition) is 3. The van der Waals surface area contributed by atoms with Crippen molar-refractivity contribution in [2.75, 3.05) is 13.1 Å². The number of benzene rings is 1. The van der Waals surface area contributed by atoms with Gasteiger partial charge in [-0.15, -0.1) is 0 Å². The Morgan fingerprint density at radius 2 is 1.97 bits per heavy atom. The van der Waals surface area contributed by atoms with Crippen LogP contribution in [0, 0.1) is 5.92 Å². The first kappa shape index (κ1) is 19.3. The lowest BCUT2D eigenvalue weighted by molar-refractivity contribution is 0.0514. The van der Waals surface area contributed by atoms with Crippen molar-refractivity contribution in [1.82, 2.24) is 14.5 Å². The lowest BCUT2D eigenvalue weighted by Gasteiger charge is -2.47. The van der Waals surface area contributed by atoms with Gasteiger partial charge in [-0.3, -0.25) is 9.59 Å². The van der Waals surface area contributed by atoms with Gasteiger partial charge in [0.1, 0.15) is 5.69 Å². The molecule has 3 atom stereocenters. The Kier molecular flexibility index (Phi) is 4.86. The predicted octanol–water partition coefficient (Wildman–Crippen LogP) is 4.65. The van der Waals surface area contributed by atoms with Crippen LogP contribution in [0.15, 0.2) is 53.3 Å². The molecular formula is C24H24ClN3O2. The molecule has 0 unspecified atom stereocenters. The minimum Gasteiger partial charge on any atom is -0.336 e. The number of likely N-dealkylation sites (tertiary alicyclic amines) is 1. The molecule has 1 fully saturated rings. The van der Waals surface area contributed by atoms with Crippen molar-refractivity contribution < 1.29 is 4.79 Å². The van der Waals surface area contributed by atoms with Gasteiger partial charge in [0.25, 0.3) is 11.5 Å². The monoisotopic (exact) mass is 421 g/mol. The minimum atomic E-state index is -0.0616. The summed E-state index contributed by atoms with van der Waals surface area (Å²) >= 11 is 6.30. The van der Waals surface area contributed by atoms with Gasteiger partial charge in [-0.25, -0.2) is 4.98 Å². The number of para-hydroxylation sites is 1. The Balaban J connectivity index is 1.50. The van der Waals surface area contributed by atoms with Crippen LogP contribution >= 0.6 is 11.6 Å². The summed E-state index contributed by atoms with van der Waals surface area (Å²) in [6.07, 6.45) is 2.97. The Morgan fingerprint density at radius 1 is 1.13 bits per heavy atom. The molecule has 1 saturated heterocycles. The molecular weight excluding hydrogens is 398 g/mol. The van der Waals surface area contributed by atoms with Crippen LogP contribution in [0.2, 0.25) is 5.02 Å². The lowest BCUT2D eigenvalue weighted by Crippen LogP contribution is -2.51. The van der Waals surface area contributed by atoms with Gasteiger partial charge in [-0.1, -0.05) is 49.2 Å². The van der Waals surface area contributed by atoms with Gasteiger partial charge in [-0.2, -0.15) is 0 Å². The molecule has 0 spiro atoms. The van der Waals surface area contributed by atoms with Crippen molar-refractivity contribution in [1.29, 1.82) is 0 Å². The zero-order valence-electron chi connectivity index (χ0n) is 16.9. The highest BCUT2D eigenvalue weighted by molar-refractivity contribution is 6.35. The maximum atomic E-state index is 13.4. The average molecular weight is 422 g/mol. The molecule has 3 aromatic rings. The summed E-state index contributed by atoms with van der Waals surface area (Å²) in [5.74, 6) is 0.400. The number of carbonyl (C=O) groups is 1. The van der Waals surface area contributed by atoms with E-state index in [-0.39, 0.29) is 29.3 Å². The number of piperidine rings is 1. The van der Waals surface area contributed by atoms with Crippen LogP contribution < -0.4 is 5.56 Å². The first-order valence-electron chi connectivity index (χ1n) is 10.6. The van der Waals surface area contributed by atoms with E-state index in [0.717, 1.165) is 30.3 Å². The third-order valence-corrected chi connectivity index (χ3v) is 6.87. The Labute approximate surface area is 180 Å². The van der Waals surface area contributed by atoms with Crippen LogP contribution in [0.25, 0.3) is 10.9 Å². The molecule has 2 aromatic heterocycles. The number of carbonyl (C=O) groups excluding carboxylic acids is 1. The van der Waals surface area contributed by atoms with Crippen molar-refractivity contribution in [3.8, 4) is 0 Å². The van der Waals surface area contributed by atoms with Crippen LogP contribution in [0.1, 0.15) is 54.3 Å². The highest BCUT2D eigenvalue weighted by Crippen LogP contribution is 2.43. The topological polar surface area (TPSA) is 55.2 Å². The van der Waals surface area contributed by atoms with Crippen LogP contribution in [0.5, 0.6) is 0 Å². The molecule has 2 aliphatic heterocycles. The number of halogens is 1. The SMILES string of the molecule is CCC[C@H]1[C@H]2C[C@H](CN(C(=O)c3ccc4cccc(Cl)c4n3)C2)c2cccc(=O)n21. The van der Waals surface area contributed by atoms with Crippen LogP contribution in [0.4, 0.5) is 0 Å². The molecule has 2 bridgehead atoms. The quantitative estimate of drug-likeness (QED) is 0.618. The van der Waals surface area contributed by atoms with Gasteiger partial charge >= 0.3 is 0 Å². The molecule has 0 saturated carbocycles. The highest BCUT2D eigenvalue weighted by Gasteiger charge is 2.41. The molecule has 0 aliphatic carbocycles. The molecule has 5 rings (SSSR count). The summed E-state index contributed by atoms with van der Waals surface area (Å²) < 4.78 is 2.00. The van der Waals surface area contributed by atoms with Crippen molar-refractivity contribution in [3.63, 3.8) is 0 Å². The summed E-state index contributed by atoms with van der Waals surface area (Å²) in [4.78, 5) is 32.5. The standard InChI is InChI=1S/C24H24ClN3O2/c1-2-5-20-16-12-17(21-8-4-9-22(29)28(20)21)14-27(13-16)24(30)19-11-10-15-6-3-7-18(25)23(15)26-19/h3-4,6-11,16-17,20H,2,5,12-14H2,1H3/t16-,17+,20-/m0/s1. The molecule has 0 radical (unpaired) electrons. The number of aromatic nitrogens is 2. The van der Waals surface area contributed by atoms with E-state index in [0.29, 0.717) is 29.3 Å². The van der Waals surface area contributed by atoms with Crippen molar-refractivity contribution in [2.45, 2.75) is 38.1 Å². The number of hydrogen-bond donors (Lipinski definition) is 0. The van der Waals surface area contributed by atoms with E-state index in [1.54, 1.807) is 18.2 Å². The van der Waals surface area contributed by atoms with Crippen molar-refractivity contribution >= 4 is 28.4 Å². The van der Waals surface area contributed by atoms with Crippen LogP contribution in [0.3, 0.4) is 0 Å². The molecule has 6 heteroatoms. The van der Waals surface area contributed by atoms with Gasteiger partial charge in [0.2, 0.25) is 0 Å². The van der Waals surface area contributed by atoms with Crippen molar-refractivity contribution in [3.05, 3.63) is 75.3 Å². The smallest absolute Gasteiger partial charge is 0.272 e. The molecule has 154 valence electrons. The normalized spacial score (nSPS) is 22.7. The molecule has 30 heavy (non-hydrogen) atoms. The number of fused-ring (bicyclic) bond motifs is 5. The summed E-state index contributed by atoms with van der Waals surface area (Å²) in [5.41, 5.74) is 2.21. The largest absolute Gasteiger partial charge is 0.336 e. The Bertz CT molecular complexity index is 1190. The van der Waals surface area contributed by atoms with E-state index in [4.69, 9.17) is 11.6 Å². The Morgan fingerprint density at radius 3 is 2.80 bits per heavy atom. The van der Waals surface area contributed by atoms with E-state index >= 15 is 0 Å². The summed E-state index contributed by atoms with van der Waals surface area (Å²) in [6.45, 7) is 3.41. The molecule has 1 aromatic carbocycles. The van der Waals surface area contributed by atoms with E-state index < -0.39 is 0 Å². The average Bonchev–Trinajstić information content (AvgIpc) is 2.76. The van der Waals surface area contributed by atoms with E-state index in [9.17, 15) is 9.59 Å². The number of rotatable bonds is 3. The highest BCUT2D eigenvalue weighted by atomic mass is 35.5. The fourth-order valence-corrected chi connectivity index (χ4v) is 5.49. The lowest BCUT2D eigenvalue weighted by atomic mass is 9.77. The van der Waals surface area contributed by atoms with E-state index in [2.05, 4.69) is 11.9 Å². The third-order valence-electron chi connectivity index (χ3n) is 6.56. The number of amides is 1. The number of nitrogens with zero attached hydrogens (tertiary/aromatic N) is 3. The fourth-order valence-electron chi connectivity index (χ4n) is 5.26. The second kappa shape index (κ2) is 7.55. The Hall–Kier alpha value is -2.66. The predicted molar refractivity (Wildman–Crippen MR) is 118 cm³/mol. The second-order valence-corrected chi connectivity index (χ2v) is 8.83. The first-order valence-corrected chi connectivity index (χ1v) is 11.0.